The zero-order valence-electron chi connectivity index (χ0n) is 19.2. The van der Waals surface area contributed by atoms with E-state index in [-0.39, 0.29) is 11.9 Å². The zero-order chi connectivity index (χ0) is 23.1. The Bertz CT molecular complexity index is 1330. The molecular weight excluding hydrogens is 458 g/mol. The Labute approximate surface area is 209 Å². The molecule has 2 heterocycles. The van der Waals surface area contributed by atoms with Gasteiger partial charge in [-0.2, -0.15) is 0 Å². The summed E-state index contributed by atoms with van der Waals surface area (Å²) < 4.78 is 0. The topological polar surface area (TPSA) is 35.9 Å². The lowest BCUT2D eigenvalue weighted by Crippen LogP contribution is -2.40. The number of rotatable bonds is 3. The molecule has 0 N–H and O–H groups in total. The molecule has 0 bridgehead atoms. The Kier molecular flexibility index (Phi) is 5.87. The molecule has 0 spiro atoms. The third kappa shape index (κ3) is 3.83. The maximum Gasteiger partial charge on any atom is 0.269 e. The van der Waals surface area contributed by atoms with Gasteiger partial charge in [0.05, 0.1) is 11.4 Å². The van der Waals surface area contributed by atoms with Crippen molar-refractivity contribution in [2.24, 2.45) is 4.99 Å². The lowest BCUT2D eigenvalue weighted by Gasteiger charge is -2.30. The van der Waals surface area contributed by atoms with Gasteiger partial charge in [-0.1, -0.05) is 73.5 Å². The normalized spacial score (nSPS) is 22.3. The van der Waals surface area contributed by atoms with Crippen molar-refractivity contribution in [1.29, 1.82) is 0 Å². The van der Waals surface area contributed by atoms with Gasteiger partial charge in [-0.25, -0.2) is 4.99 Å². The van der Waals surface area contributed by atoms with Crippen molar-refractivity contribution in [1.82, 2.24) is 4.90 Å². The van der Waals surface area contributed by atoms with E-state index in [1.165, 1.54) is 40.6 Å². The quantitative estimate of drug-likeness (QED) is 0.359. The number of anilines is 1. The van der Waals surface area contributed by atoms with Crippen molar-refractivity contribution in [2.45, 2.75) is 50.0 Å². The maximum atomic E-state index is 13.9. The molecule has 34 heavy (non-hydrogen) atoms. The van der Waals surface area contributed by atoms with E-state index in [9.17, 15) is 4.79 Å². The van der Waals surface area contributed by atoms with Crippen LogP contribution in [-0.2, 0) is 4.79 Å². The van der Waals surface area contributed by atoms with Crippen molar-refractivity contribution in [2.75, 3.05) is 11.4 Å². The second kappa shape index (κ2) is 9.16. The van der Waals surface area contributed by atoms with Crippen molar-refractivity contribution >= 4 is 56.7 Å². The molecule has 3 aromatic rings. The van der Waals surface area contributed by atoms with E-state index in [1.54, 1.807) is 23.5 Å². The molecule has 2 fully saturated rings. The predicted octanol–water partition coefficient (Wildman–Crippen LogP) is 7.54. The number of fused-ring (bicyclic) bond motifs is 2. The Morgan fingerprint density at radius 2 is 1.68 bits per heavy atom. The van der Waals surface area contributed by atoms with Crippen molar-refractivity contribution in [3.05, 3.63) is 76.7 Å². The number of para-hydroxylation sites is 1. The van der Waals surface area contributed by atoms with E-state index in [1.807, 2.05) is 4.90 Å². The van der Waals surface area contributed by atoms with Crippen LogP contribution in [0.2, 0.25) is 0 Å². The highest BCUT2D eigenvalue weighted by atomic mass is 32.2. The molecule has 3 aliphatic rings. The Morgan fingerprint density at radius 3 is 2.50 bits per heavy atom. The van der Waals surface area contributed by atoms with Crippen LogP contribution in [0.3, 0.4) is 0 Å². The Hall–Kier alpha value is -2.70. The minimum Gasteiger partial charge on any atom is -0.334 e. The fourth-order valence-electron chi connectivity index (χ4n) is 5.13. The second-order valence-electron chi connectivity index (χ2n) is 8.94. The van der Waals surface area contributed by atoms with Crippen LogP contribution in [0.4, 0.5) is 11.4 Å². The molecule has 1 amide bonds. The SMILES string of the molecule is CCN1/C(=C2/SC(=Nc3ccc4ccccc4c3)N(C3CCCCC3)C2=O)Sc2ccccc21. The average Bonchev–Trinajstić information content (AvgIpc) is 3.41. The van der Waals surface area contributed by atoms with Crippen molar-refractivity contribution in [3.8, 4) is 0 Å². The van der Waals surface area contributed by atoms with Crippen LogP contribution in [0.25, 0.3) is 10.8 Å². The van der Waals surface area contributed by atoms with E-state index in [4.69, 9.17) is 4.99 Å². The number of hydrogen-bond donors (Lipinski definition) is 0. The number of thioether (sulfide) groups is 2. The maximum absolute atomic E-state index is 13.9. The smallest absolute Gasteiger partial charge is 0.269 e. The summed E-state index contributed by atoms with van der Waals surface area (Å²) in [5.74, 6) is 0.116. The molecule has 3 aromatic carbocycles. The van der Waals surface area contributed by atoms with Gasteiger partial charge in [0.15, 0.2) is 5.17 Å². The monoisotopic (exact) mass is 485 g/mol. The molecule has 4 nitrogen and oxygen atoms in total. The highest BCUT2D eigenvalue weighted by molar-refractivity contribution is 8.19. The fraction of sp³-hybridized carbons (Fsp3) is 0.286. The summed E-state index contributed by atoms with van der Waals surface area (Å²) in [5.41, 5.74) is 2.09. The fourth-order valence-corrected chi connectivity index (χ4v) is 7.58. The third-order valence-corrected chi connectivity index (χ3v) is 9.18. The molecule has 0 unspecified atom stereocenters. The first-order valence-corrected chi connectivity index (χ1v) is 13.7. The third-order valence-electron chi connectivity index (χ3n) is 6.83. The Balaban J connectivity index is 1.43. The van der Waals surface area contributed by atoms with E-state index in [0.29, 0.717) is 0 Å². The van der Waals surface area contributed by atoms with Crippen LogP contribution < -0.4 is 4.90 Å². The lowest BCUT2D eigenvalue weighted by atomic mass is 9.94. The predicted molar refractivity (Wildman–Crippen MR) is 145 cm³/mol. The van der Waals surface area contributed by atoms with Gasteiger partial charge >= 0.3 is 0 Å². The molecule has 1 aliphatic carbocycles. The molecular formula is C28H27N3OS2. The van der Waals surface area contributed by atoms with Gasteiger partial charge < -0.3 is 4.90 Å². The van der Waals surface area contributed by atoms with E-state index >= 15 is 0 Å². The molecule has 6 heteroatoms. The van der Waals surface area contributed by atoms with E-state index < -0.39 is 0 Å². The van der Waals surface area contributed by atoms with Gasteiger partial charge in [-0.05, 0) is 66.6 Å². The number of benzene rings is 3. The summed E-state index contributed by atoms with van der Waals surface area (Å²) in [6.07, 6.45) is 5.71. The van der Waals surface area contributed by atoms with Gasteiger partial charge in [0, 0.05) is 17.5 Å². The molecule has 1 saturated heterocycles. The van der Waals surface area contributed by atoms with Gasteiger partial charge in [-0.15, -0.1) is 0 Å². The number of nitrogens with zero attached hydrogens (tertiary/aromatic N) is 3. The number of hydrogen-bond acceptors (Lipinski definition) is 5. The highest BCUT2D eigenvalue weighted by Crippen LogP contribution is 2.51. The van der Waals surface area contributed by atoms with Gasteiger partial charge in [-0.3, -0.25) is 9.69 Å². The molecule has 0 aromatic heterocycles. The van der Waals surface area contributed by atoms with Crippen LogP contribution >= 0.6 is 23.5 Å². The number of amides is 1. The second-order valence-corrected chi connectivity index (χ2v) is 11.0. The van der Waals surface area contributed by atoms with Gasteiger partial charge in [0.2, 0.25) is 0 Å². The minimum absolute atomic E-state index is 0.116. The number of aliphatic imine (C=N–C) groups is 1. The van der Waals surface area contributed by atoms with Crippen LogP contribution in [0.5, 0.6) is 0 Å². The molecule has 0 radical (unpaired) electrons. The first-order valence-electron chi connectivity index (χ1n) is 12.1. The zero-order valence-corrected chi connectivity index (χ0v) is 20.9. The first kappa shape index (κ1) is 21.8. The molecule has 1 saturated carbocycles. The standard InChI is InChI=1S/C28H27N3OS2/c1-2-30-23-14-8-9-15-24(23)33-27(30)25-26(32)31(22-12-4-3-5-13-22)28(34-25)29-21-17-16-19-10-6-7-11-20(19)18-21/h6-11,14-18,22H,2-5,12-13H2,1H3/b27-25-,29-28?. The first-order chi connectivity index (χ1) is 16.7. The van der Waals surface area contributed by atoms with Crippen LogP contribution in [0.15, 0.2) is 86.6 Å². The lowest BCUT2D eigenvalue weighted by molar-refractivity contribution is -0.124. The summed E-state index contributed by atoms with van der Waals surface area (Å²) in [7, 11) is 0. The van der Waals surface area contributed by atoms with E-state index in [2.05, 4.69) is 78.6 Å². The summed E-state index contributed by atoms with van der Waals surface area (Å²) in [6, 6.07) is 23.3. The summed E-state index contributed by atoms with van der Waals surface area (Å²) in [6.45, 7) is 2.98. The van der Waals surface area contributed by atoms with Crippen molar-refractivity contribution < 1.29 is 4.79 Å². The average molecular weight is 486 g/mol. The van der Waals surface area contributed by atoms with Gasteiger partial charge in [0.1, 0.15) is 9.93 Å². The van der Waals surface area contributed by atoms with Crippen LogP contribution in [0.1, 0.15) is 39.0 Å². The number of amidine groups is 1. The summed E-state index contributed by atoms with van der Waals surface area (Å²) in [5, 5.41) is 4.23. The summed E-state index contributed by atoms with van der Waals surface area (Å²) in [4.78, 5) is 25.3. The van der Waals surface area contributed by atoms with E-state index in [0.717, 1.165) is 40.2 Å². The Morgan fingerprint density at radius 1 is 0.912 bits per heavy atom. The number of carbonyl (C=O) groups excluding carboxylic acids is 1. The molecule has 6 rings (SSSR count). The van der Waals surface area contributed by atoms with Crippen LogP contribution in [-0.4, -0.2) is 28.6 Å². The summed E-state index contributed by atoms with van der Waals surface area (Å²) >= 11 is 3.26. The number of carbonyl (C=O) groups is 1. The highest BCUT2D eigenvalue weighted by Gasteiger charge is 2.42. The van der Waals surface area contributed by atoms with Crippen LogP contribution in [0, 0.1) is 0 Å². The molecule has 0 atom stereocenters. The van der Waals surface area contributed by atoms with Gasteiger partial charge in [0.25, 0.3) is 5.91 Å². The molecule has 172 valence electrons. The minimum atomic E-state index is 0.116. The largest absolute Gasteiger partial charge is 0.334 e. The molecule has 2 aliphatic heterocycles. The van der Waals surface area contributed by atoms with Crippen molar-refractivity contribution in [3.63, 3.8) is 0 Å².